The first kappa shape index (κ1) is 15.5. The second kappa shape index (κ2) is 7.20. The monoisotopic (exact) mass is 340 g/mol. The molecule has 1 N–H and O–H groups in total. The van der Waals surface area contributed by atoms with E-state index >= 15 is 0 Å². The summed E-state index contributed by atoms with van der Waals surface area (Å²) in [7, 11) is 2.01. The minimum atomic E-state index is -0.351. The van der Waals surface area contributed by atoms with E-state index in [9.17, 15) is 4.79 Å². The number of rotatable bonds is 4. The molecule has 2 atom stereocenters. The van der Waals surface area contributed by atoms with Crippen LogP contribution in [0.3, 0.4) is 0 Å². The molecule has 1 aromatic carbocycles. The van der Waals surface area contributed by atoms with Crippen molar-refractivity contribution in [3.05, 3.63) is 34.3 Å². The lowest BCUT2D eigenvalue weighted by atomic mass is 10.1. The van der Waals surface area contributed by atoms with Crippen molar-refractivity contribution in [3.63, 3.8) is 0 Å². The Bertz CT molecular complexity index is 467. The highest BCUT2D eigenvalue weighted by molar-refractivity contribution is 9.10. The summed E-state index contributed by atoms with van der Waals surface area (Å²) >= 11 is 3.53. The van der Waals surface area contributed by atoms with Crippen molar-refractivity contribution in [2.45, 2.75) is 25.5 Å². The number of carbonyl (C=O) groups is 1. The Morgan fingerprint density at radius 2 is 2.30 bits per heavy atom. The molecule has 4 nitrogen and oxygen atoms in total. The highest BCUT2D eigenvalue weighted by Gasteiger charge is 2.25. The van der Waals surface area contributed by atoms with Crippen LogP contribution in [-0.4, -0.2) is 49.7 Å². The third-order valence-corrected chi connectivity index (χ3v) is 4.21. The number of hydrogen-bond donors (Lipinski definition) is 1. The average Bonchev–Trinajstić information content (AvgIpc) is 2.41. The van der Waals surface area contributed by atoms with Crippen molar-refractivity contribution in [1.82, 2.24) is 10.2 Å². The molecule has 5 heteroatoms. The Hall–Kier alpha value is -0.910. The van der Waals surface area contributed by atoms with Crippen molar-refractivity contribution >= 4 is 21.8 Å². The molecule has 0 radical (unpaired) electrons. The maximum absolute atomic E-state index is 12.2. The topological polar surface area (TPSA) is 41.6 Å². The van der Waals surface area contributed by atoms with E-state index in [1.54, 1.807) is 0 Å². The van der Waals surface area contributed by atoms with Crippen LogP contribution in [0, 0.1) is 0 Å². The number of carbonyl (C=O) groups excluding carboxylic acids is 1. The van der Waals surface area contributed by atoms with Crippen LogP contribution in [0.2, 0.25) is 0 Å². The van der Waals surface area contributed by atoms with Gasteiger partial charge in [0.25, 0.3) is 5.91 Å². The molecule has 1 aliphatic heterocycles. The van der Waals surface area contributed by atoms with Gasteiger partial charge in [-0.1, -0.05) is 34.1 Å². The number of nitrogens with zero attached hydrogens (tertiary/aromatic N) is 1. The smallest absolute Gasteiger partial charge is 0.250 e. The van der Waals surface area contributed by atoms with Crippen LogP contribution in [0.4, 0.5) is 0 Å². The molecule has 20 heavy (non-hydrogen) atoms. The normalized spacial score (nSPS) is 21.4. The second-order valence-electron chi connectivity index (χ2n) is 5.33. The van der Waals surface area contributed by atoms with Crippen LogP contribution in [-0.2, 0) is 16.0 Å². The van der Waals surface area contributed by atoms with Crippen LogP contribution in [0.15, 0.2) is 28.7 Å². The maximum Gasteiger partial charge on any atom is 0.250 e. The third kappa shape index (κ3) is 4.30. The van der Waals surface area contributed by atoms with E-state index in [4.69, 9.17) is 4.74 Å². The van der Waals surface area contributed by atoms with Crippen molar-refractivity contribution in [1.29, 1.82) is 0 Å². The molecule has 1 saturated heterocycles. The molecule has 1 aliphatic rings. The molecule has 0 saturated carbocycles. The van der Waals surface area contributed by atoms with E-state index in [1.807, 2.05) is 32.2 Å². The van der Waals surface area contributed by atoms with Crippen LogP contribution >= 0.6 is 15.9 Å². The highest BCUT2D eigenvalue weighted by Crippen LogP contribution is 2.17. The molecular formula is C15H21BrN2O2. The van der Waals surface area contributed by atoms with Gasteiger partial charge < -0.3 is 15.0 Å². The molecule has 0 unspecified atom stereocenters. The summed E-state index contributed by atoms with van der Waals surface area (Å²) in [5.41, 5.74) is 1.20. The third-order valence-electron chi connectivity index (χ3n) is 3.43. The van der Waals surface area contributed by atoms with Crippen molar-refractivity contribution in [2.75, 3.05) is 26.7 Å². The number of hydrogen-bond acceptors (Lipinski definition) is 3. The summed E-state index contributed by atoms with van der Waals surface area (Å²) in [5, 5.41) is 3.03. The Balaban J connectivity index is 1.86. The SMILES string of the molecule is C[C@H](Cc1ccccc1Br)NC(=O)[C@@H]1CN(C)CCO1. The molecular weight excluding hydrogens is 320 g/mol. The first-order valence-corrected chi connectivity index (χ1v) is 7.69. The summed E-state index contributed by atoms with van der Waals surface area (Å²) in [6.45, 7) is 4.18. The lowest BCUT2D eigenvalue weighted by molar-refractivity contribution is -0.138. The molecule has 1 fully saturated rings. The summed E-state index contributed by atoms with van der Waals surface area (Å²) in [6.07, 6.45) is 0.450. The molecule has 1 heterocycles. The molecule has 0 aliphatic carbocycles. The van der Waals surface area contributed by atoms with Gasteiger partial charge in [0, 0.05) is 23.6 Å². The van der Waals surface area contributed by atoms with Gasteiger partial charge in [-0.2, -0.15) is 0 Å². The Morgan fingerprint density at radius 1 is 1.55 bits per heavy atom. The maximum atomic E-state index is 12.2. The van der Waals surface area contributed by atoms with Gasteiger partial charge >= 0.3 is 0 Å². The van der Waals surface area contributed by atoms with E-state index in [0.29, 0.717) is 13.2 Å². The highest BCUT2D eigenvalue weighted by atomic mass is 79.9. The molecule has 1 aromatic rings. The number of benzene rings is 1. The van der Waals surface area contributed by atoms with Gasteiger partial charge in [0.1, 0.15) is 6.10 Å². The van der Waals surface area contributed by atoms with E-state index < -0.39 is 0 Å². The van der Waals surface area contributed by atoms with E-state index in [0.717, 1.165) is 17.4 Å². The molecule has 110 valence electrons. The van der Waals surface area contributed by atoms with E-state index in [2.05, 4.69) is 32.2 Å². The zero-order chi connectivity index (χ0) is 14.5. The Kier molecular flexibility index (Phi) is 5.57. The van der Waals surface area contributed by atoms with Gasteiger partial charge in [-0.3, -0.25) is 4.79 Å². The Labute approximate surface area is 128 Å². The number of likely N-dealkylation sites (N-methyl/N-ethyl adjacent to an activating group) is 1. The van der Waals surface area contributed by atoms with Gasteiger partial charge in [0.05, 0.1) is 6.61 Å². The number of ether oxygens (including phenoxy) is 1. The van der Waals surface area contributed by atoms with Gasteiger partial charge in [-0.15, -0.1) is 0 Å². The zero-order valence-corrected chi connectivity index (χ0v) is 13.5. The number of morpholine rings is 1. The van der Waals surface area contributed by atoms with Gasteiger partial charge in [-0.25, -0.2) is 0 Å². The van der Waals surface area contributed by atoms with Crippen molar-refractivity contribution in [3.8, 4) is 0 Å². The molecule has 0 aromatic heterocycles. The first-order chi connectivity index (χ1) is 9.56. The van der Waals surface area contributed by atoms with Crippen LogP contribution in [0.5, 0.6) is 0 Å². The lowest BCUT2D eigenvalue weighted by Gasteiger charge is -2.30. The van der Waals surface area contributed by atoms with Crippen molar-refractivity contribution in [2.24, 2.45) is 0 Å². The predicted octanol–water partition coefficient (Wildman–Crippen LogP) is 1.83. The van der Waals surface area contributed by atoms with Crippen LogP contribution in [0.25, 0.3) is 0 Å². The summed E-state index contributed by atoms with van der Waals surface area (Å²) < 4.78 is 6.60. The molecule has 0 spiro atoms. The summed E-state index contributed by atoms with van der Waals surface area (Å²) in [5.74, 6) is -0.0175. The minimum Gasteiger partial charge on any atom is -0.366 e. The fraction of sp³-hybridized carbons (Fsp3) is 0.533. The number of halogens is 1. The Morgan fingerprint density at radius 3 is 3.00 bits per heavy atom. The van der Waals surface area contributed by atoms with Crippen molar-refractivity contribution < 1.29 is 9.53 Å². The standard InChI is InChI=1S/C15H21BrN2O2/c1-11(9-12-5-3-4-6-13(12)16)17-15(19)14-10-18(2)7-8-20-14/h3-6,11,14H,7-10H2,1-2H3,(H,17,19)/t11-,14+/m1/s1. The average molecular weight is 341 g/mol. The number of nitrogens with one attached hydrogen (secondary N) is 1. The van der Waals surface area contributed by atoms with Gasteiger partial charge in [-0.05, 0) is 32.0 Å². The van der Waals surface area contributed by atoms with Gasteiger partial charge in [0.2, 0.25) is 0 Å². The zero-order valence-electron chi connectivity index (χ0n) is 11.9. The van der Waals surface area contributed by atoms with Crippen LogP contribution in [0.1, 0.15) is 12.5 Å². The van der Waals surface area contributed by atoms with E-state index in [-0.39, 0.29) is 18.1 Å². The quantitative estimate of drug-likeness (QED) is 0.909. The fourth-order valence-electron chi connectivity index (χ4n) is 2.32. The molecule has 0 bridgehead atoms. The van der Waals surface area contributed by atoms with Gasteiger partial charge in [0.15, 0.2) is 0 Å². The van der Waals surface area contributed by atoms with Crippen LogP contribution < -0.4 is 5.32 Å². The lowest BCUT2D eigenvalue weighted by Crippen LogP contribution is -2.50. The van der Waals surface area contributed by atoms with E-state index in [1.165, 1.54) is 5.56 Å². The predicted molar refractivity (Wildman–Crippen MR) is 82.7 cm³/mol. The largest absolute Gasteiger partial charge is 0.366 e. The minimum absolute atomic E-state index is 0.0175. The second-order valence-corrected chi connectivity index (χ2v) is 6.18. The fourth-order valence-corrected chi connectivity index (χ4v) is 2.76. The summed E-state index contributed by atoms with van der Waals surface area (Å²) in [4.78, 5) is 14.3. The summed E-state index contributed by atoms with van der Waals surface area (Å²) in [6, 6.07) is 8.16. The first-order valence-electron chi connectivity index (χ1n) is 6.90. The number of amides is 1. The molecule has 1 amide bonds. The molecule has 2 rings (SSSR count).